The van der Waals surface area contributed by atoms with Gasteiger partial charge in [0.15, 0.2) is 0 Å². The minimum absolute atomic E-state index is 0.432. The van der Waals surface area contributed by atoms with Gasteiger partial charge < -0.3 is 14.2 Å². The molecule has 126 valence electrons. The van der Waals surface area contributed by atoms with Crippen LogP contribution in [-0.2, 0) is 19.5 Å². The summed E-state index contributed by atoms with van der Waals surface area (Å²) in [6, 6.07) is 13.0. The summed E-state index contributed by atoms with van der Waals surface area (Å²) in [5.74, 6) is 2.79. The first kappa shape index (κ1) is 15.3. The number of fused-ring (bicyclic) bond motifs is 3. The van der Waals surface area contributed by atoms with Crippen molar-refractivity contribution in [3.63, 3.8) is 0 Å². The molecule has 0 amide bonds. The molecule has 2 aliphatic heterocycles. The predicted molar refractivity (Wildman–Crippen MR) is 92.8 cm³/mol. The topological polar surface area (TPSA) is 30.9 Å². The quantitative estimate of drug-likeness (QED) is 0.847. The third kappa shape index (κ3) is 2.82. The molecule has 0 aliphatic carbocycles. The molecule has 0 N–H and O–H groups in total. The number of benzene rings is 2. The normalized spacial score (nSPS) is 19.8. The smallest absolute Gasteiger partial charge is 0.124 e. The van der Waals surface area contributed by atoms with Gasteiger partial charge in [-0.15, -0.1) is 0 Å². The number of aryl methyl sites for hydroxylation is 1. The monoisotopic (exact) mass is 325 g/mol. The molecule has 24 heavy (non-hydrogen) atoms. The summed E-state index contributed by atoms with van der Waals surface area (Å²) in [5, 5.41) is 0. The molecule has 4 heteroatoms. The van der Waals surface area contributed by atoms with Crippen molar-refractivity contribution in [3.05, 3.63) is 53.1 Å². The standard InChI is InChI=1S/C20H23NO3/c1-22-18-6-4-14-3-5-17-13-24-20-8-7-19(23-2)10-16(20)12-21(17)11-15(14)9-18/h4,6-10,17H,3,5,11-13H2,1-2H3. The molecule has 2 aromatic carbocycles. The zero-order valence-corrected chi connectivity index (χ0v) is 14.2. The Kier molecular flexibility index (Phi) is 4.07. The molecule has 0 spiro atoms. The molecule has 1 atom stereocenters. The van der Waals surface area contributed by atoms with E-state index in [0.717, 1.165) is 49.8 Å². The van der Waals surface area contributed by atoms with E-state index in [2.05, 4.69) is 29.2 Å². The van der Waals surface area contributed by atoms with Crippen LogP contribution in [0.5, 0.6) is 17.2 Å². The van der Waals surface area contributed by atoms with Gasteiger partial charge in [-0.2, -0.15) is 0 Å². The van der Waals surface area contributed by atoms with Crippen LogP contribution in [0, 0.1) is 0 Å². The lowest BCUT2D eigenvalue weighted by Crippen LogP contribution is -2.35. The SMILES string of the molecule is COc1ccc2c(c1)CN1Cc3cc(OC)ccc3OCC1CC2. The fraction of sp³-hybridized carbons (Fsp3) is 0.400. The number of methoxy groups -OCH3 is 2. The Balaban J connectivity index is 1.66. The van der Waals surface area contributed by atoms with Crippen molar-refractivity contribution in [3.8, 4) is 17.2 Å². The highest BCUT2D eigenvalue weighted by Gasteiger charge is 2.28. The van der Waals surface area contributed by atoms with Crippen molar-refractivity contribution >= 4 is 0 Å². The second-order valence-electron chi connectivity index (χ2n) is 6.52. The highest BCUT2D eigenvalue weighted by molar-refractivity contribution is 5.42. The highest BCUT2D eigenvalue weighted by Crippen LogP contribution is 2.33. The van der Waals surface area contributed by atoms with E-state index >= 15 is 0 Å². The first-order chi connectivity index (χ1) is 11.8. The molecule has 0 aromatic heterocycles. The highest BCUT2D eigenvalue weighted by atomic mass is 16.5. The van der Waals surface area contributed by atoms with Gasteiger partial charge in [-0.3, -0.25) is 4.90 Å². The largest absolute Gasteiger partial charge is 0.497 e. The third-order valence-corrected chi connectivity index (χ3v) is 5.12. The van der Waals surface area contributed by atoms with E-state index in [1.165, 1.54) is 16.7 Å². The van der Waals surface area contributed by atoms with Crippen LogP contribution in [0.25, 0.3) is 0 Å². The van der Waals surface area contributed by atoms with Gasteiger partial charge in [0, 0.05) is 24.7 Å². The number of hydrogen-bond acceptors (Lipinski definition) is 4. The van der Waals surface area contributed by atoms with Gasteiger partial charge >= 0.3 is 0 Å². The van der Waals surface area contributed by atoms with Gasteiger partial charge in [0.25, 0.3) is 0 Å². The van der Waals surface area contributed by atoms with Crippen LogP contribution in [0.1, 0.15) is 23.1 Å². The molecule has 0 fully saturated rings. The summed E-state index contributed by atoms with van der Waals surface area (Å²) in [6.07, 6.45) is 2.20. The van der Waals surface area contributed by atoms with Crippen LogP contribution in [0.4, 0.5) is 0 Å². The number of ether oxygens (including phenoxy) is 3. The third-order valence-electron chi connectivity index (χ3n) is 5.12. The molecule has 0 saturated carbocycles. The van der Waals surface area contributed by atoms with E-state index in [0.29, 0.717) is 6.04 Å². The van der Waals surface area contributed by atoms with Gasteiger partial charge in [-0.25, -0.2) is 0 Å². The molecule has 2 aliphatic rings. The van der Waals surface area contributed by atoms with Crippen molar-refractivity contribution in [2.75, 3.05) is 20.8 Å². The first-order valence-electron chi connectivity index (χ1n) is 8.46. The number of nitrogens with zero attached hydrogens (tertiary/aromatic N) is 1. The molecule has 2 heterocycles. The van der Waals surface area contributed by atoms with Crippen LogP contribution in [0.2, 0.25) is 0 Å². The maximum atomic E-state index is 6.09. The molecule has 2 aromatic rings. The maximum absolute atomic E-state index is 6.09. The summed E-state index contributed by atoms with van der Waals surface area (Å²) in [6.45, 7) is 2.55. The molecule has 1 unspecified atom stereocenters. The molecule has 4 rings (SSSR count). The lowest BCUT2D eigenvalue weighted by Gasteiger charge is -2.26. The fourth-order valence-electron chi connectivity index (χ4n) is 3.70. The Morgan fingerprint density at radius 2 is 1.62 bits per heavy atom. The molecule has 0 radical (unpaired) electrons. The Labute approximate surface area is 142 Å². The summed E-state index contributed by atoms with van der Waals surface area (Å²) in [4.78, 5) is 2.52. The van der Waals surface area contributed by atoms with Crippen LogP contribution in [-0.4, -0.2) is 31.8 Å². The molecule has 4 nitrogen and oxygen atoms in total. The second kappa shape index (κ2) is 6.36. The molecular weight excluding hydrogens is 302 g/mol. The van der Waals surface area contributed by atoms with E-state index in [4.69, 9.17) is 14.2 Å². The Bertz CT molecular complexity index is 682. The second-order valence-corrected chi connectivity index (χ2v) is 6.52. The Hall–Kier alpha value is -2.20. The number of hydrogen-bond donors (Lipinski definition) is 0. The van der Waals surface area contributed by atoms with Crippen molar-refractivity contribution in [1.82, 2.24) is 4.90 Å². The fourth-order valence-corrected chi connectivity index (χ4v) is 3.70. The van der Waals surface area contributed by atoms with Gasteiger partial charge in [0.2, 0.25) is 0 Å². The van der Waals surface area contributed by atoms with E-state index in [-0.39, 0.29) is 0 Å². The average Bonchev–Trinajstić information content (AvgIpc) is 2.89. The van der Waals surface area contributed by atoms with Crippen LogP contribution in [0.3, 0.4) is 0 Å². The van der Waals surface area contributed by atoms with E-state index in [1.807, 2.05) is 12.1 Å². The Morgan fingerprint density at radius 1 is 0.917 bits per heavy atom. The lowest BCUT2D eigenvalue weighted by molar-refractivity contribution is 0.136. The van der Waals surface area contributed by atoms with Crippen LogP contribution in [0.15, 0.2) is 36.4 Å². The van der Waals surface area contributed by atoms with Crippen molar-refractivity contribution in [1.29, 1.82) is 0 Å². The molecular formula is C20H23NO3. The van der Waals surface area contributed by atoms with Gasteiger partial charge in [0.05, 0.1) is 14.2 Å². The van der Waals surface area contributed by atoms with Crippen LogP contribution < -0.4 is 14.2 Å². The summed E-state index contributed by atoms with van der Waals surface area (Å²) in [7, 11) is 3.43. The minimum atomic E-state index is 0.432. The minimum Gasteiger partial charge on any atom is -0.497 e. The summed E-state index contributed by atoms with van der Waals surface area (Å²) >= 11 is 0. The first-order valence-corrected chi connectivity index (χ1v) is 8.46. The summed E-state index contributed by atoms with van der Waals surface area (Å²) in [5.41, 5.74) is 3.99. The molecule has 0 saturated heterocycles. The average molecular weight is 325 g/mol. The Morgan fingerprint density at radius 3 is 2.42 bits per heavy atom. The molecule has 0 bridgehead atoms. The van der Waals surface area contributed by atoms with E-state index in [1.54, 1.807) is 14.2 Å². The van der Waals surface area contributed by atoms with E-state index < -0.39 is 0 Å². The lowest BCUT2D eigenvalue weighted by atomic mass is 10.0. The zero-order chi connectivity index (χ0) is 16.5. The maximum Gasteiger partial charge on any atom is 0.124 e. The predicted octanol–water partition coefficient (Wildman–Crippen LogP) is 3.41. The van der Waals surface area contributed by atoms with Crippen molar-refractivity contribution in [2.24, 2.45) is 0 Å². The van der Waals surface area contributed by atoms with E-state index in [9.17, 15) is 0 Å². The van der Waals surface area contributed by atoms with Gasteiger partial charge in [-0.05, 0) is 54.3 Å². The van der Waals surface area contributed by atoms with Crippen molar-refractivity contribution in [2.45, 2.75) is 32.0 Å². The zero-order valence-electron chi connectivity index (χ0n) is 14.2. The summed E-state index contributed by atoms with van der Waals surface area (Å²) < 4.78 is 16.9. The number of rotatable bonds is 2. The van der Waals surface area contributed by atoms with Gasteiger partial charge in [-0.1, -0.05) is 6.07 Å². The van der Waals surface area contributed by atoms with Gasteiger partial charge in [0.1, 0.15) is 23.9 Å². The van der Waals surface area contributed by atoms with Crippen molar-refractivity contribution < 1.29 is 14.2 Å². The van der Waals surface area contributed by atoms with Crippen LogP contribution >= 0.6 is 0 Å².